The Morgan fingerprint density at radius 1 is 1.75 bits per heavy atom. The zero-order valence-electron chi connectivity index (χ0n) is 9.86. The third kappa shape index (κ3) is 2.63. The maximum absolute atomic E-state index is 11.8. The summed E-state index contributed by atoms with van der Waals surface area (Å²) in [5, 5.41) is 13.5. The average molecular weight is 458 g/mol. The Labute approximate surface area is 133 Å². The van der Waals surface area contributed by atoms with Crippen molar-refractivity contribution in [2.75, 3.05) is 4.43 Å². The van der Waals surface area contributed by atoms with Crippen molar-refractivity contribution in [3.05, 3.63) is 42.0 Å². The first-order chi connectivity index (χ1) is 9.43. The van der Waals surface area contributed by atoms with Gasteiger partial charge in [-0.15, -0.1) is 0 Å². The Morgan fingerprint density at radius 3 is 3.05 bits per heavy atom. The number of halogens is 2. The molecule has 0 saturated carbocycles. The molecule has 2 rings (SSSR count). The highest BCUT2D eigenvalue weighted by Gasteiger charge is 2.48. The van der Waals surface area contributed by atoms with Crippen molar-refractivity contribution in [3.63, 3.8) is 0 Å². The van der Waals surface area contributed by atoms with Crippen LogP contribution in [0.25, 0.3) is 10.4 Å². The number of aliphatic hydroxyl groups is 1. The van der Waals surface area contributed by atoms with E-state index < -0.39 is 29.3 Å². The summed E-state index contributed by atoms with van der Waals surface area (Å²) in [6.07, 6.45) is -0.526. The van der Waals surface area contributed by atoms with Crippen molar-refractivity contribution in [1.82, 2.24) is 9.55 Å². The van der Waals surface area contributed by atoms with Gasteiger partial charge >= 0.3 is 5.69 Å². The van der Waals surface area contributed by atoms with Gasteiger partial charge < -0.3 is 9.84 Å². The molecule has 0 unspecified atom stereocenters. The number of H-pyrrole nitrogens is 1. The molecule has 9 nitrogen and oxygen atoms in total. The number of aromatic amines is 1. The van der Waals surface area contributed by atoms with Gasteiger partial charge in [0.15, 0.2) is 5.72 Å². The summed E-state index contributed by atoms with van der Waals surface area (Å²) in [6, 6.07) is 0. The maximum Gasteiger partial charge on any atom is 0.330 e. The van der Waals surface area contributed by atoms with Crippen LogP contribution in [0.3, 0.4) is 0 Å². The molecule has 2 heterocycles. The van der Waals surface area contributed by atoms with E-state index in [1.807, 2.05) is 22.6 Å². The van der Waals surface area contributed by atoms with E-state index in [4.69, 9.17) is 10.3 Å². The second kappa shape index (κ2) is 5.85. The molecule has 1 aliphatic heterocycles. The number of nitrogens with zero attached hydrogens (tertiary/aromatic N) is 4. The van der Waals surface area contributed by atoms with Crippen molar-refractivity contribution in [2.45, 2.75) is 24.5 Å². The molecule has 2 N–H and O–H groups in total. The lowest BCUT2D eigenvalue weighted by atomic mass is 10.1. The SMILES string of the molecule is [N-]=[N+]=N[C@]1(CI)O[C@H](n2cc(Br)c(=O)[nH]c2=O)C[C@@H]1O. The van der Waals surface area contributed by atoms with Gasteiger partial charge in [-0.3, -0.25) is 14.3 Å². The number of aromatic nitrogens is 2. The Kier molecular flexibility index (Phi) is 4.54. The molecule has 0 bridgehead atoms. The second-order valence-corrected chi connectivity index (χ2v) is 5.75. The summed E-state index contributed by atoms with van der Waals surface area (Å²) < 4.78 is 7.08. The van der Waals surface area contributed by atoms with E-state index in [-0.39, 0.29) is 15.3 Å². The Balaban J connectivity index is 2.43. The van der Waals surface area contributed by atoms with Gasteiger partial charge in [-0.1, -0.05) is 27.7 Å². The van der Waals surface area contributed by atoms with Crippen LogP contribution in [0, 0.1) is 0 Å². The van der Waals surface area contributed by atoms with Crippen LogP contribution >= 0.6 is 38.5 Å². The standard InChI is InChI=1S/C9H9BrIN5O4/c10-4-2-16(8(19)13-7(4)18)6-1-5(17)9(3-11,20-6)14-15-12/h2,5-6,17H,1,3H2,(H,13,18,19)/t5-,6-,9+/m0/s1. The molecule has 0 amide bonds. The molecule has 0 aliphatic carbocycles. The lowest BCUT2D eigenvalue weighted by Gasteiger charge is -2.24. The van der Waals surface area contributed by atoms with Gasteiger partial charge in [0.2, 0.25) is 0 Å². The van der Waals surface area contributed by atoms with Gasteiger partial charge in [0.25, 0.3) is 5.56 Å². The van der Waals surface area contributed by atoms with Gasteiger partial charge in [0.05, 0.1) is 10.6 Å². The summed E-state index contributed by atoms with van der Waals surface area (Å²) in [7, 11) is 0. The fraction of sp³-hybridized carbons (Fsp3) is 0.556. The van der Waals surface area contributed by atoms with E-state index in [9.17, 15) is 14.7 Å². The number of hydrogen-bond acceptors (Lipinski definition) is 5. The van der Waals surface area contributed by atoms with Crippen molar-refractivity contribution in [3.8, 4) is 0 Å². The van der Waals surface area contributed by atoms with E-state index in [0.717, 1.165) is 4.57 Å². The fourth-order valence-corrected chi connectivity index (χ4v) is 3.06. The minimum atomic E-state index is -1.41. The first-order valence-electron chi connectivity index (χ1n) is 5.42. The minimum absolute atomic E-state index is 0.0699. The molecule has 0 spiro atoms. The molecule has 0 radical (unpaired) electrons. The van der Waals surface area contributed by atoms with Crippen molar-refractivity contribution < 1.29 is 9.84 Å². The zero-order valence-corrected chi connectivity index (χ0v) is 13.6. The second-order valence-electron chi connectivity index (χ2n) is 4.14. The summed E-state index contributed by atoms with van der Waals surface area (Å²) in [4.78, 5) is 27.8. The zero-order chi connectivity index (χ0) is 14.9. The molecular formula is C9H9BrIN5O4. The highest BCUT2D eigenvalue weighted by atomic mass is 127. The van der Waals surface area contributed by atoms with Gasteiger partial charge in [-0.25, -0.2) is 4.79 Å². The molecule has 1 aliphatic rings. The van der Waals surface area contributed by atoms with Gasteiger partial charge in [0.1, 0.15) is 6.23 Å². The first kappa shape index (κ1) is 15.5. The molecule has 108 valence electrons. The number of ether oxygens (including phenoxy) is 1. The number of aliphatic hydroxyl groups excluding tert-OH is 1. The molecular weight excluding hydrogens is 449 g/mol. The van der Waals surface area contributed by atoms with Crippen LogP contribution in [0.2, 0.25) is 0 Å². The Bertz CT molecular complexity index is 684. The van der Waals surface area contributed by atoms with Crippen LogP contribution in [0.1, 0.15) is 12.6 Å². The molecule has 11 heteroatoms. The molecule has 1 saturated heterocycles. The van der Waals surface area contributed by atoms with Crippen LogP contribution in [0.15, 0.2) is 25.4 Å². The van der Waals surface area contributed by atoms with E-state index in [1.54, 1.807) is 0 Å². The van der Waals surface area contributed by atoms with Crippen LogP contribution in [0.5, 0.6) is 0 Å². The predicted octanol–water partition coefficient (Wildman–Crippen LogP) is 1.02. The highest BCUT2D eigenvalue weighted by Crippen LogP contribution is 2.38. The van der Waals surface area contributed by atoms with Crippen LogP contribution in [-0.2, 0) is 4.74 Å². The monoisotopic (exact) mass is 457 g/mol. The minimum Gasteiger partial charge on any atom is -0.390 e. The van der Waals surface area contributed by atoms with Crippen molar-refractivity contribution >= 4 is 38.5 Å². The number of nitrogens with one attached hydrogen (secondary N) is 1. The molecule has 1 aromatic heterocycles. The molecule has 0 aromatic carbocycles. The lowest BCUT2D eigenvalue weighted by molar-refractivity contribution is -0.0820. The summed E-state index contributed by atoms with van der Waals surface area (Å²) in [6.45, 7) is 0. The number of hydrogen-bond donors (Lipinski definition) is 2. The van der Waals surface area contributed by atoms with Gasteiger partial charge in [-0.05, 0) is 21.5 Å². The average Bonchev–Trinajstić information content (AvgIpc) is 2.72. The fourth-order valence-electron chi connectivity index (χ4n) is 1.90. The summed E-state index contributed by atoms with van der Waals surface area (Å²) in [5.74, 6) is 0. The van der Waals surface area contributed by atoms with E-state index in [2.05, 4.69) is 30.9 Å². The summed E-state index contributed by atoms with van der Waals surface area (Å²) in [5.41, 5.74) is 5.94. The first-order valence-corrected chi connectivity index (χ1v) is 7.74. The number of rotatable bonds is 3. The third-order valence-corrected chi connectivity index (χ3v) is 4.58. The third-order valence-electron chi connectivity index (χ3n) is 2.93. The van der Waals surface area contributed by atoms with Crippen LogP contribution < -0.4 is 11.2 Å². The van der Waals surface area contributed by atoms with Gasteiger partial charge in [0, 0.05) is 22.0 Å². The van der Waals surface area contributed by atoms with Gasteiger partial charge in [-0.2, -0.15) is 0 Å². The number of azide groups is 1. The maximum atomic E-state index is 11.8. The molecule has 1 fully saturated rings. The van der Waals surface area contributed by atoms with Crippen LogP contribution in [-0.4, -0.2) is 30.9 Å². The Morgan fingerprint density at radius 2 is 2.45 bits per heavy atom. The molecule has 1 aromatic rings. The highest BCUT2D eigenvalue weighted by molar-refractivity contribution is 14.1. The van der Waals surface area contributed by atoms with E-state index >= 15 is 0 Å². The quantitative estimate of drug-likeness (QED) is 0.230. The topological polar surface area (TPSA) is 133 Å². The predicted molar refractivity (Wildman–Crippen MR) is 80.5 cm³/mol. The largest absolute Gasteiger partial charge is 0.390 e. The van der Waals surface area contributed by atoms with Crippen molar-refractivity contribution in [1.29, 1.82) is 0 Å². The molecule has 3 atom stereocenters. The van der Waals surface area contributed by atoms with E-state index in [1.165, 1.54) is 6.20 Å². The van der Waals surface area contributed by atoms with Crippen molar-refractivity contribution in [2.24, 2.45) is 5.11 Å². The Hall–Kier alpha value is -0.880. The smallest absolute Gasteiger partial charge is 0.330 e. The van der Waals surface area contributed by atoms with Crippen LogP contribution in [0.4, 0.5) is 0 Å². The normalized spacial score (nSPS) is 29.1. The number of alkyl halides is 1. The van der Waals surface area contributed by atoms with E-state index in [0.29, 0.717) is 0 Å². The summed E-state index contributed by atoms with van der Waals surface area (Å²) >= 11 is 4.94. The lowest BCUT2D eigenvalue weighted by Crippen LogP contribution is -2.39. The molecule has 20 heavy (non-hydrogen) atoms.